The van der Waals surface area contributed by atoms with E-state index in [1.807, 2.05) is 0 Å². The minimum Gasteiger partial charge on any atom is -0.497 e. The average Bonchev–Trinajstić information content (AvgIpc) is 2.28. The van der Waals surface area contributed by atoms with Gasteiger partial charge in [0.2, 0.25) is 0 Å². The highest BCUT2D eigenvalue weighted by Gasteiger charge is 2.23. The normalized spacial score (nSPS) is 19.5. The van der Waals surface area contributed by atoms with Crippen LogP contribution in [0.3, 0.4) is 0 Å². The molecule has 0 N–H and O–H groups in total. The second-order valence-corrected chi connectivity index (χ2v) is 4.21. The van der Waals surface area contributed by atoms with Gasteiger partial charge in [0, 0.05) is 5.92 Å². The number of ether oxygens (including phenoxy) is 1. The molecule has 0 unspecified atom stereocenters. The van der Waals surface area contributed by atoms with Crippen LogP contribution in [0, 0.1) is 5.92 Å². The quantitative estimate of drug-likeness (QED) is 0.663. The van der Waals surface area contributed by atoms with E-state index in [1.165, 1.54) is 31.2 Å². The van der Waals surface area contributed by atoms with Crippen LogP contribution in [-0.4, -0.2) is 6.61 Å². The van der Waals surface area contributed by atoms with Gasteiger partial charge in [0.1, 0.15) is 0 Å². The van der Waals surface area contributed by atoms with Crippen molar-refractivity contribution < 1.29 is 4.74 Å². The highest BCUT2D eigenvalue weighted by atomic mass is 16.5. The van der Waals surface area contributed by atoms with E-state index in [0.717, 1.165) is 12.4 Å². The molecule has 0 radical (unpaired) electrons. The average molecular weight is 202 g/mol. The van der Waals surface area contributed by atoms with Crippen molar-refractivity contribution in [2.45, 2.75) is 25.7 Å². The van der Waals surface area contributed by atoms with E-state index in [2.05, 4.69) is 36.9 Å². The summed E-state index contributed by atoms with van der Waals surface area (Å²) < 4.78 is 5.16. The maximum absolute atomic E-state index is 5.16. The molecular weight excluding hydrogens is 184 g/mol. The van der Waals surface area contributed by atoms with Crippen molar-refractivity contribution in [2.75, 3.05) is 6.61 Å². The van der Waals surface area contributed by atoms with E-state index in [-0.39, 0.29) is 0 Å². The lowest BCUT2D eigenvalue weighted by Crippen LogP contribution is -2.24. The summed E-state index contributed by atoms with van der Waals surface area (Å²) in [5.41, 5.74) is 1.45. The molecule has 0 aromatic heterocycles. The molecular formula is C14H18O. The standard InChI is InChI=1S/C14H18O/c1-12-14(11-15-12)10-6-5-9-13-7-3-2-4-8-13/h2-4,7-8,14H,1,5-6,9-11H2/t14-/m0/s1. The molecule has 15 heavy (non-hydrogen) atoms. The molecule has 0 bridgehead atoms. The van der Waals surface area contributed by atoms with E-state index in [1.54, 1.807) is 0 Å². The second kappa shape index (κ2) is 5.01. The third kappa shape index (κ3) is 2.85. The molecule has 1 fully saturated rings. The van der Waals surface area contributed by atoms with Crippen LogP contribution in [0.5, 0.6) is 0 Å². The summed E-state index contributed by atoms with van der Waals surface area (Å²) in [6.45, 7) is 4.75. The highest BCUT2D eigenvalue weighted by Crippen LogP contribution is 2.27. The molecule has 0 saturated carbocycles. The van der Waals surface area contributed by atoms with Crippen LogP contribution >= 0.6 is 0 Å². The van der Waals surface area contributed by atoms with Gasteiger partial charge in [-0.3, -0.25) is 0 Å². The maximum atomic E-state index is 5.16. The minimum absolute atomic E-state index is 0.640. The van der Waals surface area contributed by atoms with Crippen LogP contribution in [0.25, 0.3) is 0 Å². The summed E-state index contributed by atoms with van der Waals surface area (Å²) in [5, 5.41) is 0. The van der Waals surface area contributed by atoms with Crippen molar-refractivity contribution in [3.63, 3.8) is 0 Å². The van der Waals surface area contributed by atoms with Gasteiger partial charge in [-0.1, -0.05) is 43.3 Å². The van der Waals surface area contributed by atoms with Gasteiger partial charge in [0.15, 0.2) is 0 Å². The molecule has 1 heteroatoms. The van der Waals surface area contributed by atoms with Crippen LogP contribution in [0.15, 0.2) is 42.7 Å². The Hall–Kier alpha value is -1.24. The fourth-order valence-corrected chi connectivity index (χ4v) is 1.93. The summed E-state index contributed by atoms with van der Waals surface area (Å²) in [5.74, 6) is 1.63. The monoisotopic (exact) mass is 202 g/mol. The molecule has 1 aromatic carbocycles. The van der Waals surface area contributed by atoms with Gasteiger partial charge in [-0.15, -0.1) is 0 Å². The van der Waals surface area contributed by atoms with Gasteiger partial charge in [-0.2, -0.15) is 0 Å². The van der Waals surface area contributed by atoms with Crippen molar-refractivity contribution >= 4 is 0 Å². The molecule has 0 amide bonds. The van der Waals surface area contributed by atoms with E-state index in [9.17, 15) is 0 Å². The predicted octanol–water partition coefficient (Wildman–Crippen LogP) is 3.56. The van der Waals surface area contributed by atoms with Crippen LogP contribution in [0.2, 0.25) is 0 Å². The molecule has 1 heterocycles. The zero-order valence-corrected chi connectivity index (χ0v) is 9.11. The Kier molecular flexibility index (Phi) is 3.44. The first-order valence-corrected chi connectivity index (χ1v) is 5.72. The summed E-state index contributed by atoms with van der Waals surface area (Å²) in [6.07, 6.45) is 4.99. The SMILES string of the molecule is C=C1OC[C@@H]1CCCCc1ccccc1. The smallest absolute Gasteiger partial charge is 0.0975 e. The first kappa shape index (κ1) is 10.3. The summed E-state index contributed by atoms with van der Waals surface area (Å²) in [4.78, 5) is 0. The molecule has 0 aliphatic carbocycles. The number of hydrogen-bond donors (Lipinski definition) is 0. The third-order valence-corrected chi connectivity index (χ3v) is 3.04. The van der Waals surface area contributed by atoms with Crippen LogP contribution < -0.4 is 0 Å². The van der Waals surface area contributed by atoms with Gasteiger partial charge >= 0.3 is 0 Å². The first-order valence-electron chi connectivity index (χ1n) is 5.72. The van der Waals surface area contributed by atoms with Gasteiger partial charge in [0.25, 0.3) is 0 Å². The molecule has 1 atom stereocenters. The second-order valence-electron chi connectivity index (χ2n) is 4.21. The number of rotatable bonds is 5. The van der Waals surface area contributed by atoms with Crippen molar-refractivity contribution in [3.05, 3.63) is 48.2 Å². The molecule has 2 rings (SSSR count). The lowest BCUT2D eigenvalue weighted by atomic mass is 9.96. The topological polar surface area (TPSA) is 9.23 Å². The highest BCUT2D eigenvalue weighted by molar-refractivity contribution is 5.14. The summed E-state index contributed by atoms with van der Waals surface area (Å²) in [6, 6.07) is 10.7. The Morgan fingerprint density at radius 1 is 1.20 bits per heavy atom. The molecule has 1 nitrogen and oxygen atoms in total. The molecule has 1 saturated heterocycles. The Labute approximate surface area is 91.8 Å². The van der Waals surface area contributed by atoms with E-state index >= 15 is 0 Å². The first-order chi connectivity index (χ1) is 7.36. The predicted molar refractivity (Wildman–Crippen MR) is 62.6 cm³/mol. The molecule has 1 aliphatic heterocycles. The lowest BCUT2D eigenvalue weighted by Gasteiger charge is -2.29. The van der Waals surface area contributed by atoms with Gasteiger partial charge < -0.3 is 4.74 Å². The van der Waals surface area contributed by atoms with Crippen molar-refractivity contribution in [1.82, 2.24) is 0 Å². The summed E-state index contributed by atoms with van der Waals surface area (Å²) >= 11 is 0. The maximum Gasteiger partial charge on any atom is 0.0975 e. The third-order valence-electron chi connectivity index (χ3n) is 3.04. The number of hydrogen-bond acceptors (Lipinski definition) is 1. The van der Waals surface area contributed by atoms with Crippen molar-refractivity contribution in [1.29, 1.82) is 0 Å². The van der Waals surface area contributed by atoms with Crippen LogP contribution in [0.1, 0.15) is 24.8 Å². The summed E-state index contributed by atoms with van der Waals surface area (Å²) in [7, 11) is 0. The number of aryl methyl sites for hydroxylation is 1. The lowest BCUT2D eigenvalue weighted by molar-refractivity contribution is 0.0444. The fraction of sp³-hybridized carbons (Fsp3) is 0.429. The molecule has 1 aromatic rings. The number of unbranched alkanes of at least 4 members (excludes halogenated alkanes) is 1. The Balaban J connectivity index is 1.61. The van der Waals surface area contributed by atoms with Crippen molar-refractivity contribution in [2.24, 2.45) is 5.92 Å². The molecule has 1 aliphatic rings. The number of benzene rings is 1. The zero-order chi connectivity index (χ0) is 10.5. The Bertz CT molecular complexity index is 315. The van der Waals surface area contributed by atoms with Gasteiger partial charge in [0.05, 0.1) is 12.4 Å². The zero-order valence-electron chi connectivity index (χ0n) is 9.11. The Morgan fingerprint density at radius 3 is 2.60 bits per heavy atom. The van der Waals surface area contributed by atoms with Crippen molar-refractivity contribution in [3.8, 4) is 0 Å². The molecule has 0 spiro atoms. The largest absolute Gasteiger partial charge is 0.497 e. The fourth-order valence-electron chi connectivity index (χ4n) is 1.93. The Morgan fingerprint density at radius 2 is 2.00 bits per heavy atom. The van der Waals surface area contributed by atoms with E-state index < -0.39 is 0 Å². The van der Waals surface area contributed by atoms with Crippen LogP contribution in [-0.2, 0) is 11.2 Å². The molecule has 80 valence electrons. The van der Waals surface area contributed by atoms with E-state index in [4.69, 9.17) is 4.74 Å². The minimum atomic E-state index is 0.640. The van der Waals surface area contributed by atoms with E-state index in [0.29, 0.717) is 5.92 Å². The van der Waals surface area contributed by atoms with Crippen LogP contribution in [0.4, 0.5) is 0 Å². The van der Waals surface area contributed by atoms with Gasteiger partial charge in [-0.25, -0.2) is 0 Å². The van der Waals surface area contributed by atoms with Gasteiger partial charge in [-0.05, 0) is 24.8 Å².